The van der Waals surface area contributed by atoms with Crippen molar-refractivity contribution in [3.8, 4) is 23.0 Å². The van der Waals surface area contributed by atoms with Crippen molar-refractivity contribution >= 4 is 5.91 Å². The third-order valence-electron chi connectivity index (χ3n) is 5.17. The second-order valence-corrected chi connectivity index (χ2v) is 6.83. The number of oxazole rings is 1. The van der Waals surface area contributed by atoms with Gasteiger partial charge in [-0.15, -0.1) is 0 Å². The van der Waals surface area contributed by atoms with Crippen molar-refractivity contribution < 1.29 is 18.7 Å². The van der Waals surface area contributed by atoms with Crippen LogP contribution in [-0.4, -0.2) is 50.1 Å². The van der Waals surface area contributed by atoms with Crippen molar-refractivity contribution in [1.82, 2.24) is 15.2 Å². The maximum absolute atomic E-state index is 11.8. The van der Waals surface area contributed by atoms with Gasteiger partial charge in [-0.05, 0) is 38.9 Å². The molecule has 1 N–H and O–H groups in total. The van der Waals surface area contributed by atoms with E-state index in [-0.39, 0.29) is 11.8 Å². The van der Waals surface area contributed by atoms with E-state index in [4.69, 9.17) is 18.9 Å². The number of methoxy groups -OCH3 is 2. The van der Waals surface area contributed by atoms with E-state index < -0.39 is 0 Å². The first-order valence-corrected chi connectivity index (χ1v) is 9.10. The molecule has 7 heteroatoms. The lowest BCUT2D eigenvalue weighted by Crippen LogP contribution is -2.30. The van der Waals surface area contributed by atoms with Gasteiger partial charge in [0.1, 0.15) is 17.3 Å². The third kappa shape index (κ3) is 3.78. The molecule has 2 aromatic rings. The molecule has 1 aromatic carbocycles. The Morgan fingerprint density at radius 2 is 2.11 bits per heavy atom. The number of hydrogen-bond acceptors (Lipinski definition) is 6. The van der Waals surface area contributed by atoms with Crippen molar-refractivity contribution in [2.75, 3.05) is 34.4 Å². The number of nitrogens with one attached hydrogen (secondary N) is 1. The molecule has 0 saturated carbocycles. The summed E-state index contributed by atoms with van der Waals surface area (Å²) in [6, 6.07) is 3.79. The maximum Gasteiger partial charge on any atom is 0.230 e. The van der Waals surface area contributed by atoms with Crippen molar-refractivity contribution in [3.63, 3.8) is 0 Å². The van der Waals surface area contributed by atoms with Crippen LogP contribution in [0.2, 0.25) is 0 Å². The molecule has 1 aromatic heterocycles. The Balaban J connectivity index is 1.82. The number of rotatable bonds is 6. The second-order valence-electron chi connectivity index (χ2n) is 6.83. The molecule has 0 bridgehead atoms. The highest BCUT2D eigenvalue weighted by molar-refractivity contribution is 5.78. The Kier molecular flexibility index (Phi) is 5.70. The largest absolute Gasteiger partial charge is 0.496 e. The lowest BCUT2D eigenvalue weighted by atomic mass is 10.1. The molecular weight excluding hydrogens is 346 g/mol. The average molecular weight is 373 g/mol. The number of benzene rings is 1. The fraction of sp³-hybridized carbons (Fsp3) is 0.500. The summed E-state index contributed by atoms with van der Waals surface area (Å²) in [5.74, 6) is 2.93. The first-order valence-electron chi connectivity index (χ1n) is 9.10. The molecule has 0 unspecified atom stereocenters. The predicted octanol–water partition coefficient (Wildman–Crippen LogP) is 2.54. The van der Waals surface area contributed by atoms with Crippen LogP contribution in [0.3, 0.4) is 0 Å². The summed E-state index contributed by atoms with van der Waals surface area (Å²) < 4.78 is 16.9. The number of amides is 1. The van der Waals surface area contributed by atoms with Crippen molar-refractivity contribution in [3.05, 3.63) is 29.2 Å². The maximum atomic E-state index is 11.8. The third-order valence-corrected chi connectivity index (χ3v) is 5.17. The highest BCUT2D eigenvalue weighted by Gasteiger charge is 2.29. The first-order chi connectivity index (χ1) is 13.0. The van der Waals surface area contributed by atoms with Crippen LogP contribution in [0.5, 0.6) is 11.5 Å². The Morgan fingerprint density at radius 3 is 2.78 bits per heavy atom. The van der Waals surface area contributed by atoms with Crippen molar-refractivity contribution in [1.29, 1.82) is 0 Å². The quantitative estimate of drug-likeness (QED) is 0.839. The Bertz CT molecular complexity index is 831. The molecule has 0 aliphatic carbocycles. The molecule has 3 rings (SSSR count). The minimum absolute atomic E-state index is 0.0472. The molecule has 1 amide bonds. The molecule has 146 valence electrons. The lowest BCUT2D eigenvalue weighted by molar-refractivity contribution is -0.124. The molecular formula is C20H27N3O4. The highest BCUT2D eigenvalue weighted by Crippen LogP contribution is 2.38. The van der Waals surface area contributed by atoms with Gasteiger partial charge in [-0.1, -0.05) is 0 Å². The molecule has 27 heavy (non-hydrogen) atoms. The Hall–Kier alpha value is -2.54. The summed E-state index contributed by atoms with van der Waals surface area (Å²) in [7, 11) is 4.95. The fourth-order valence-corrected chi connectivity index (χ4v) is 3.62. The summed E-state index contributed by atoms with van der Waals surface area (Å²) in [5, 5.41) is 2.73. The number of carbonyl (C=O) groups excluding carboxylic acids is 1. The lowest BCUT2D eigenvalue weighted by Gasteiger charge is -2.14. The molecule has 0 radical (unpaired) electrons. The van der Waals surface area contributed by atoms with Crippen LogP contribution in [0.15, 0.2) is 16.5 Å². The van der Waals surface area contributed by atoms with Crippen LogP contribution in [0.4, 0.5) is 0 Å². The first kappa shape index (κ1) is 19.2. The Labute approximate surface area is 159 Å². The normalized spacial score (nSPS) is 17.1. The molecule has 2 heterocycles. The van der Waals surface area contributed by atoms with E-state index >= 15 is 0 Å². The monoisotopic (exact) mass is 373 g/mol. The molecule has 1 aliphatic heterocycles. The summed E-state index contributed by atoms with van der Waals surface area (Å²) >= 11 is 0. The number of nitrogens with zero attached hydrogens (tertiary/aromatic N) is 2. The van der Waals surface area contributed by atoms with Gasteiger partial charge in [0.2, 0.25) is 11.8 Å². The van der Waals surface area contributed by atoms with Crippen LogP contribution < -0.4 is 14.8 Å². The zero-order chi connectivity index (χ0) is 19.6. The van der Waals surface area contributed by atoms with Crippen LogP contribution >= 0.6 is 0 Å². The number of ether oxygens (including phenoxy) is 2. The van der Waals surface area contributed by atoms with E-state index in [1.165, 1.54) is 0 Å². The molecule has 1 atom stereocenters. The van der Waals surface area contributed by atoms with Gasteiger partial charge in [0.15, 0.2) is 0 Å². The zero-order valence-corrected chi connectivity index (χ0v) is 16.6. The Morgan fingerprint density at radius 1 is 1.33 bits per heavy atom. The van der Waals surface area contributed by atoms with Gasteiger partial charge in [0.05, 0.1) is 31.4 Å². The molecule has 7 nitrogen and oxygen atoms in total. The minimum atomic E-state index is 0.0472. The van der Waals surface area contributed by atoms with Gasteiger partial charge in [-0.3, -0.25) is 9.69 Å². The molecule has 1 aliphatic rings. The van der Waals surface area contributed by atoms with E-state index in [0.717, 1.165) is 47.8 Å². The van der Waals surface area contributed by atoms with Crippen LogP contribution in [0.25, 0.3) is 11.5 Å². The van der Waals surface area contributed by atoms with Gasteiger partial charge in [-0.2, -0.15) is 0 Å². The number of hydrogen-bond donors (Lipinski definition) is 1. The zero-order valence-electron chi connectivity index (χ0n) is 16.6. The van der Waals surface area contributed by atoms with E-state index in [9.17, 15) is 4.79 Å². The number of likely N-dealkylation sites (tertiary alicyclic amines) is 1. The second kappa shape index (κ2) is 8.00. The van der Waals surface area contributed by atoms with E-state index in [0.29, 0.717) is 18.2 Å². The van der Waals surface area contributed by atoms with Gasteiger partial charge < -0.3 is 19.2 Å². The SMILES string of the molecule is CNC(=O)[C@H]1CCN(Cc2nc(-c3ccc(OC)c(C)c3OC)oc2C)C1. The molecule has 1 fully saturated rings. The van der Waals surface area contributed by atoms with Gasteiger partial charge in [0, 0.05) is 25.7 Å². The van der Waals surface area contributed by atoms with Gasteiger partial charge >= 0.3 is 0 Å². The average Bonchev–Trinajstić information content (AvgIpc) is 3.28. The number of carbonyl (C=O) groups is 1. The summed E-state index contributed by atoms with van der Waals surface area (Å²) in [5.41, 5.74) is 2.59. The van der Waals surface area contributed by atoms with Crippen molar-refractivity contribution in [2.24, 2.45) is 5.92 Å². The fourth-order valence-electron chi connectivity index (χ4n) is 3.62. The van der Waals surface area contributed by atoms with Crippen LogP contribution in [0, 0.1) is 19.8 Å². The summed E-state index contributed by atoms with van der Waals surface area (Å²) in [6.07, 6.45) is 0.870. The van der Waals surface area contributed by atoms with Crippen LogP contribution in [0.1, 0.15) is 23.4 Å². The molecule has 0 spiro atoms. The molecule has 1 saturated heterocycles. The van der Waals surface area contributed by atoms with Gasteiger partial charge in [-0.25, -0.2) is 4.98 Å². The van der Waals surface area contributed by atoms with E-state index in [1.807, 2.05) is 26.0 Å². The van der Waals surface area contributed by atoms with Crippen LogP contribution in [-0.2, 0) is 11.3 Å². The summed E-state index contributed by atoms with van der Waals surface area (Å²) in [6.45, 7) is 6.15. The highest BCUT2D eigenvalue weighted by atomic mass is 16.5. The van der Waals surface area contributed by atoms with E-state index in [1.54, 1.807) is 21.3 Å². The minimum Gasteiger partial charge on any atom is -0.496 e. The van der Waals surface area contributed by atoms with E-state index in [2.05, 4.69) is 10.2 Å². The topological polar surface area (TPSA) is 76.8 Å². The smallest absolute Gasteiger partial charge is 0.230 e. The standard InChI is InChI=1S/C20H27N3O4/c1-12-17(25-4)7-6-15(18(12)26-5)20-22-16(13(2)27-20)11-23-9-8-14(10-23)19(24)21-3/h6-7,14H,8-11H2,1-5H3,(H,21,24)/t14-/m0/s1. The van der Waals surface area contributed by atoms with Crippen molar-refractivity contribution in [2.45, 2.75) is 26.8 Å². The number of aryl methyl sites for hydroxylation is 1. The summed E-state index contributed by atoms with van der Waals surface area (Å²) in [4.78, 5) is 18.8. The predicted molar refractivity (Wildman–Crippen MR) is 102 cm³/mol. The number of aromatic nitrogens is 1. The van der Waals surface area contributed by atoms with Gasteiger partial charge in [0.25, 0.3) is 0 Å².